The fourth-order valence-electron chi connectivity index (χ4n) is 2.18. The summed E-state index contributed by atoms with van der Waals surface area (Å²) in [6, 6.07) is 2.80. The van der Waals surface area contributed by atoms with Crippen molar-refractivity contribution in [2.75, 3.05) is 13.1 Å². The van der Waals surface area contributed by atoms with Crippen molar-refractivity contribution in [2.45, 2.75) is 18.8 Å². The maximum atomic E-state index is 13.3. The van der Waals surface area contributed by atoms with E-state index in [0.717, 1.165) is 19.5 Å². The summed E-state index contributed by atoms with van der Waals surface area (Å²) in [6.07, 6.45) is 0.968. The van der Waals surface area contributed by atoms with Gasteiger partial charge in [0.05, 0.1) is 10.4 Å². The van der Waals surface area contributed by atoms with E-state index in [1.807, 2.05) is 0 Å². The molecule has 17 heavy (non-hydrogen) atoms. The normalized spacial score (nSPS) is 24.6. The smallest absolute Gasteiger partial charge is 0.202 e. The second-order valence-corrected chi connectivity index (χ2v) is 5.15. The second-order valence-electron chi connectivity index (χ2n) is 4.74. The Balaban J connectivity index is 2.13. The minimum absolute atomic E-state index is 0.0760. The van der Waals surface area contributed by atoms with Crippen LogP contribution in [0.5, 0.6) is 0 Å². The lowest BCUT2D eigenvalue weighted by atomic mass is 9.90. The van der Waals surface area contributed by atoms with Gasteiger partial charge in [0.25, 0.3) is 0 Å². The number of oxazole rings is 1. The fraction of sp³-hybridized carbons (Fsp3) is 0.417. The number of rotatable bonds is 1. The summed E-state index contributed by atoms with van der Waals surface area (Å²) in [6.45, 7) is 3.87. The summed E-state index contributed by atoms with van der Waals surface area (Å²) >= 11 is 5.72. The highest BCUT2D eigenvalue weighted by molar-refractivity contribution is 6.31. The van der Waals surface area contributed by atoms with Crippen molar-refractivity contribution >= 4 is 22.7 Å². The summed E-state index contributed by atoms with van der Waals surface area (Å²) in [5.41, 5.74) is 0.955. The molecule has 1 N–H and O–H groups in total. The van der Waals surface area contributed by atoms with Crippen LogP contribution in [0.15, 0.2) is 16.5 Å². The van der Waals surface area contributed by atoms with E-state index in [2.05, 4.69) is 17.2 Å². The van der Waals surface area contributed by atoms with Gasteiger partial charge in [-0.2, -0.15) is 0 Å². The maximum absolute atomic E-state index is 13.3. The van der Waals surface area contributed by atoms with Crippen molar-refractivity contribution in [3.63, 3.8) is 0 Å². The largest absolute Gasteiger partial charge is 0.440 e. The molecular weight excluding hydrogens is 243 g/mol. The molecule has 5 heteroatoms. The van der Waals surface area contributed by atoms with Gasteiger partial charge in [-0.3, -0.25) is 0 Å². The molecule has 1 unspecified atom stereocenters. The van der Waals surface area contributed by atoms with Gasteiger partial charge in [-0.1, -0.05) is 11.6 Å². The quantitative estimate of drug-likeness (QED) is 0.850. The van der Waals surface area contributed by atoms with Gasteiger partial charge >= 0.3 is 0 Å². The number of benzene rings is 1. The highest BCUT2D eigenvalue weighted by Crippen LogP contribution is 2.33. The molecular formula is C12H12ClFN2O. The number of halogens is 2. The summed E-state index contributed by atoms with van der Waals surface area (Å²) in [5, 5.41) is 3.35. The van der Waals surface area contributed by atoms with E-state index in [-0.39, 0.29) is 10.4 Å². The second kappa shape index (κ2) is 3.68. The van der Waals surface area contributed by atoms with E-state index < -0.39 is 5.82 Å². The Labute approximate surface area is 103 Å². The third kappa shape index (κ3) is 1.72. The van der Waals surface area contributed by atoms with Crippen molar-refractivity contribution < 1.29 is 8.81 Å². The van der Waals surface area contributed by atoms with Crippen LogP contribution < -0.4 is 5.32 Å². The van der Waals surface area contributed by atoms with Crippen molar-refractivity contribution in [1.29, 1.82) is 0 Å². The molecule has 0 aliphatic carbocycles. The van der Waals surface area contributed by atoms with E-state index in [1.165, 1.54) is 12.1 Å². The SMILES string of the molecule is CC1(c2nc3cc(Cl)c(F)cc3o2)CCNC1. The molecule has 3 rings (SSSR count). The molecule has 0 saturated carbocycles. The Morgan fingerprint density at radius 3 is 3.06 bits per heavy atom. The minimum Gasteiger partial charge on any atom is -0.440 e. The van der Waals surface area contributed by atoms with E-state index in [0.29, 0.717) is 17.0 Å². The summed E-state index contributed by atoms with van der Waals surface area (Å²) in [7, 11) is 0. The van der Waals surface area contributed by atoms with Crippen LogP contribution in [0.25, 0.3) is 11.1 Å². The van der Waals surface area contributed by atoms with Gasteiger partial charge < -0.3 is 9.73 Å². The lowest BCUT2D eigenvalue weighted by Crippen LogP contribution is -2.25. The third-order valence-corrected chi connectivity index (χ3v) is 3.61. The van der Waals surface area contributed by atoms with E-state index in [4.69, 9.17) is 16.0 Å². The molecule has 2 aromatic rings. The minimum atomic E-state index is -0.475. The lowest BCUT2D eigenvalue weighted by Gasteiger charge is -2.16. The van der Waals surface area contributed by atoms with Gasteiger partial charge in [-0.05, 0) is 26.0 Å². The molecule has 1 fully saturated rings. The molecule has 2 heterocycles. The average molecular weight is 255 g/mol. The Bertz CT molecular complexity index is 536. The molecule has 0 spiro atoms. The fourth-order valence-corrected chi connectivity index (χ4v) is 2.34. The molecule has 1 saturated heterocycles. The number of fused-ring (bicyclic) bond motifs is 1. The number of hydrogen-bond acceptors (Lipinski definition) is 3. The number of aromatic nitrogens is 1. The van der Waals surface area contributed by atoms with E-state index >= 15 is 0 Å². The molecule has 0 bridgehead atoms. The topological polar surface area (TPSA) is 38.1 Å². The predicted molar refractivity (Wildman–Crippen MR) is 63.8 cm³/mol. The van der Waals surface area contributed by atoms with Crippen molar-refractivity contribution in [2.24, 2.45) is 0 Å². The Kier molecular flexibility index (Phi) is 2.38. The first-order chi connectivity index (χ1) is 8.08. The average Bonchev–Trinajstić information content (AvgIpc) is 2.87. The van der Waals surface area contributed by atoms with Crippen LogP contribution in [0.3, 0.4) is 0 Å². The Hall–Kier alpha value is -1.13. The first kappa shape index (κ1) is 11.0. The molecule has 0 radical (unpaired) electrons. The molecule has 0 amide bonds. The molecule has 1 aliphatic rings. The van der Waals surface area contributed by atoms with Gasteiger partial charge in [0, 0.05) is 12.6 Å². The van der Waals surface area contributed by atoms with Crippen LogP contribution >= 0.6 is 11.6 Å². The van der Waals surface area contributed by atoms with Crippen LogP contribution in [0.2, 0.25) is 5.02 Å². The van der Waals surface area contributed by atoms with Gasteiger partial charge in [0.1, 0.15) is 11.3 Å². The van der Waals surface area contributed by atoms with E-state index in [9.17, 15) is 4.39 Å². The van der Waals surface area contributed by atoms with Crippen molar-refractivity contribution in [3.05, 3.63) is 28.9 Å². The number of nitrogens with one attached hydrogen (secondary N) is 1. The highest BCUT2D eigenvalue weighted by Gasteiger charge is 2.35. The van der Waals surface area contributed by atoms with Crippen molar-refractivity contribution in [3.8, 4) is 0 Å². The van der Waals surface area contributed by atoms with E-state index in [1.54, 1.807) is 0 Å². The number of hydrogen-bond donors (Lipinski definition) is 1. The predicted octanol–water partition coefficient (Wildman–Crippen LogP) is 2.87. The molecule has 1 aromatic carbocycles. The van der Waals surface area contributed by atoms with Crippen LogP contribution in [-0.4, -0.2) is 18.1 Å². The van der Waals surface area contributed by atoms with Gasteiger partial charge in [-0.25, -0.2) is 9.37 Å². The lowest BCUT2D eigenvalue weighted by molar-refractivity contribution is 0.382. The molecule has 1 aromatic heterocycles. The summed E-state index contributed by atoms with van der Waals surface area (Å²) < 4.78 is 18.9. The van der Waals surface area contributed by atoms with Gasteiger partial charge in [-0.15, -0.1) is 0 Å². The standard InChI is InChI=1S/C12H12ClFN2O/c1-12(2-3-15-6-12)11-16-9-4-7(13)8(14)5-10(9)17-11/h4-5,15H,2-3,6H2,1H3. The first-order valence-electron chi connectivity index (χ1n) is 5.55. The van der Waals surface area contributed by atoms with Crippen LogP contribution in [-0.2, 0) is 5.41 Å². The summed E-state index contributed by atoms with van der Waals surface area (Å²) in [4.78, 5) is 4.41. The zero-order valence-electron chi connectivity index (χ0n) is 9.39. The van der Waals surface area contributed by atoms with Crippen LogP contribution in [0.4, 0.5) is 4.39 Å². The first-order valence-corrected chi connectivity index (χ1v) is 5.93. The third-order valence-electron chi connectivity index (χ3n) is 3.32. The Morgan fingerprint density at radius 2 is 2.35 bits per heavy atom. The summed E-state index contributed by atoms with van der Waals surface area (Å²) in [5.74, 6) is 0.177. The zero-order valence-corrected chi connectivity index (χ0v) is 10.1. The molecule has 3 nitrogen and oxygen atoms in total. The molecule has 90 valence electrons. The Morgan fingerprint density at radius 1 is 1.53 bits per heavy atom. The zero-order chi connectivity index (χ0) is 12.0. The molecule has 1 atom stereocenters. The maximum Gasteiger partial charge on any atom is 0.202 e. The number of nitrogens with zero attached hydrogens (tertiary/aromatic N) is 1. The van der Waals surface area contributed by atoms with Crippen molar-refractivity contribution in [1.82, 2.24) is 10.3 Å². The van der Waals surface area contributed by atoms with Gasteiger partial charge in [0.15, 0.2) is 5.58 Å². The van der Waals surface area contributed by atoms with Crippen LogP contribution in [0.1, 0.15) is 19.2 Å². The van der Waals surface area contributed by atoms with Crippen LogP contribution in [0, 0.1) is 5.82 Å². The highest BCUT2D eigenvalue weighted by atomic mass is 35.5. The monoisotopic (exact) mass is 254 g/mol. The van der Waals surface area contributed by atoms with Gasteiger partial charge in [0.2, 0.25) is 5.89 Å². The molecule has 1 aliphatic heterocycles.